The van der Waals surface area contributed by atoms with E-state index in [1.54, 1.807) is 10.9 Å². The summed E-state index contributed by atoms with van der Waals surface area (Å²) in [5.41, 5.74) is 1.81. The van der Waals surface area contributed by atoms with Gasteiger partial charge in [-0.2, -0.15) is 5.10 Å². The molecule has 2 aromatic rings. The van der Waals surface area contributed by atoms with Crippen molar-refractivity contribution in [1.29, 1.82) is 0 Å². The normalized spacial score (nSPS) is 18.4. The second kappa shape index (κ2) is 6.54. The quantitative estimate of drug-likeness (QED) is 0.905. The van der Waals surface area contributed by atoms with E-state index in [0.717, 1.165) is 37.3 Å². The van der Waals surface area contributed by atoms with E-state index < -0.39 is 0 Å². The molecule has 1 amide bonds. The Morgan fingerprint density at radius 1 is 1.38 bits per heavy atom. The number of benzene rings is 1. The molecule has 1 saturated heterocycles. The Balaban J connectivity index is 1.56. The highest BCUT2D eigenvalue weighted by Crippen LogP contribution is 2.17. The molecule has 0 saturated carbocycles. The predicted molar refractivity (Wildman–Crippen MR) is 82.4 cm³/mol. The van der Waals surface area contributed by atoms with E-state index in [4.69, 9.17) is 0 Å². The molecular weight excluding hydrogens is 264 g/mol. The third-order valence-electron chi connectivity index (χ3n) is 3.79. The Labute approximate surface area is 124 Å². The highest BCUT2D eigenvalue weighted by Gasteiger charge is 2.16. The van der Waals surface area contributed by atoms with Crippen LogP contribution in [0, 0.1) is 5.92 Å². The van der Waals surface area contributed by atoms with Gasteiger partial charge >= 0.3 is 0 Å². The Bertz CT molecular complexity index is 571. The minimum Gasteiger partial charge on any atom is -0.326 e. The maximum atomic E-state index is 12.0. The molecule has 1 atom stereocenters. The molecule has 1 fully saturated rings. The second-order valence-corrected chi connectivity index (χ2v) is 5.46. The molecule has 1 aliphatic heterocycles. The summed E-state index contributed by atoms with van der Waals surface area (Å²) in [5.74, 6) is 0.553. The van der Waals surface area contributed by atoms with E-state index in [9.17, 15) is 4.79 Å². The van der Waals surface area contributed by atoms with Crippen molar-refractivity contribution in [1.82, 2.24) is 15.1 Å². The maximum Gasteiger partial charge on any atom is 0.224 e. The van der Waals surface area contributed by atoms with Crippen molar-refractivity contribution in [3.8, 4) is 5.69 Å². The van der Waals surface area contributed by atoms with Crippen molar-refractivity contribution >= 4 is 11.6 Å². The number of anilines is 1. The molecule has 1 unspecified atom stereocenters. The van der Waals surface area contributed by atoms with Crippen LogP contribution >= 0.6 is 0 Å². The number of hydrogen-bond acceptors (Lipinski definition) is 3. The SMILES string of the molecule is O=C(CC1CCCNC1)Nc1ccc(-n2cccn2)cc1. The predicted octanol–water partition coefficient (Wildman–Crippen LogP) is 2.20. The van der Waals surface area contributed by atoms with Gasteiger partial charge in [0.1, 0.15) is 0 Å². The van der Waals surface area contributed by atoms with Crippen LogP contribution in [0.5, 0.6) is 0 Å². The van der Waals surface area contributed by atoms with Crippen LogP contribution < -0.4 is 10.6 Å². The zero-order chi connectivity index (χ0) is 14.5. The number of hydrogen-bond donors (Lipinski definition) is 2. The van der Waals surface area contributed by atoms with Crippen LogP contribution in [-0.4, -0.2) is 28.8 Å². The molecule has 0 aliphatic carbocycles. The van der Waals surface area contributed by atoms with Gasteiger partial charge in [-0.15, -0.1) is 0 Å². The largest absolute Gasteiger partial charge is 0.326 e. The van der Waals surface area contributed by atoms with Gasteiger partial charge in [0.05, 0.1) is 5.69 Å². The molecule has 1 aromatic heterocycles. The number of carbonyl (C=O) groups excluding carboxylic acids is 1. The molecule has 2 N–H and O–H groups in total. The summed E-state index contributed by atoms with van der Waals surface area (Å²) in [7, 11) is 0. The van der Waals surface area contributed by atoms with E-state index in [1.165, 1.54) is 0 Å². The van der Waals surface area contributed by atoms with E-state index in [-0.39, 0.29) is 5.91 Å². The summed E-state index contributed by atoms with van der Waals surface area (Å²) in [5, 5.41) is 10.5. The van der Waals surface area contributed by atoms with E-state index in [2.05, 4.69) is 15.7 Å². The minimum atomic E-state index is 0.0931. The van der Waals surface area contributed by atoms with Gasteiger partial charge in [-0.05, 0) is 62.2 Å². The van der Waals surface area contributed by atoms with Gasteiger partial charge in [-0.1, -0.05) is 0 Å². The van der Waals surface area contributed by atoms with Gasteiger partial charge in [0.15, 0.2) is 0 Å². The first-order valence-corrected chi connectivity index (χ1v) is 7.42. The van der Waals surface area contributed by atoms with E-state index in [0.29, 0.717) is 12.3 Å². The Hall–Kier alpha value is -2.14. The summed E-state index contributed by atoms with van der Waals surface area (Å²) in [4.78, 5) is 12.0. The maximum absolute atomic E-state index is 12.0. The average Bonchev–Trinajstić information content (AvgIpc) is 3.03. The topological polar surface area (TPSA) is 59.0 Å². The van der Waals surface area contributed by atoms with Crippen molar-refractivity contribution < 1.29 is 4.79 Å². The van der Waals surface area contributed by atoms with Crippen LogP contribution in [0.3, 0.4) is 0 Å². The fourth-order valence-electron chi connectivity index (χ4n) is 2.69. The van der Waals surface area contributed by atoms with Gasteiger partial charge in [0.25, 0.3) is 0 Å². The number of piperidine rings is 1. The van der Waals surface area contributed by atoms with Gasteiger partial charge in [0, 0.05) is 24.5 Å². The standard InChI is InChI=1S/C16H20N4O/c21-16(11-13-3-1-8-17-12-13)19-14-4-6-15(7-5-14)20-10-2-9-18-20/h2,4-7,9-10,13,17H,1,3,8,11-12H2,(H,19,21). The van der Waals surface area contributed by atoms with Crippen LogP contribution in [0.15, 0.2) is 42.7 Å². The Morgan fingerprint density at radius 3 is 2.90 bits per heavy atom. The molecule has 5 heteroatoms. The molecule has 5 nitrogen and oxygen atoms in total. The number of rotatable bonds is 4. The highest BCUT2D eigenvalue weighted by molar-refractivity contribution is 5.90. The van der Waals surface area contributed by atoms with Crippen LogP contribution in [0.25, 0.3) is 5.69 Å². The van der Waals surface area contributed by atoms with Crippen molar-refractivity contribution in [2.45, 2.75) is 19.3 Å². The lowest BCUT2D eigenvalue weighted by atomic mass is 9.96. The molecule has 2 heterocycles. The van der Waals surface area contributed by atoms with Crippen molar-refractivity contribution in [2.75, 3.05) is 18.4 Å². The summed E-state index contributed by atoms with van der Waals surface area (Å²) in [6.07, 6.45) is 6.53. The molecule has 110 valence electrons. The number of amides is 1. The van der Waals surface area contributed by atoms with Crippen molar-refractivity contribution in [3.05, 3.63) is 42.7 Å². The van der Waals surface area contributed by atoms with E-state index >= 15 is 0 Å². The summed E-state index contributed by atoms with van der Waals surface area (Å²) < 4.78 is 1.79. The monoisotopic (exact) mass is 284 g/mol. The molecule has 1 aliphatic rings. The van der Waals surface area contributed by atoms with Gasteiger partial charge < -0.3 is 10.6 Å². The van der Waals surface area contributed by atoms with Gasteiger partial charge in [0.2, 0.25) is 5.91 Å². The molecule has 21 heavy (non-hydrogen) atoms. The zero-order valence-electron chi connectivity index (χ0n) is 12.0. The smallest absolute Gasteiger partial charge is 0.224 e. The highest BCUT2D eigenvalue weighted by atomic mass is 16.1. The Morgan fingerprint density at radius 2 is 2.24 bits per heavy atom. The molecule has 3 rings (SSSR count). The number of carbonyl (C=O) groups is 1. The first kappa shape index (κ1) is 13.8. The average molecular weight is 284 g/mol. The first-order chi connectivity index (χ1) is 10.3. The van der Waals surface area contributed by atoms with Crippen molar-refractivity contribution in [3.63, 3.8) is 0 Å². The lowest BCUT2D eigenvalue weighted by molar-refractivity contribution is -0.117. The summed E-state index contributed by atoms with van der Waals surface area (Å²) in [6.45, 7) is 2.03. The lowest BCUT2D eigenvalue weighted by Crippen LogP contribution is -2.32. The number of nitrogens with zero attached hydrogens (tertiary/aromatic N) is 2. The van der Waals surface area contributed by atoms with Crippen LogP contribution in [0.1, 0.15) is 19.3 Å². The van der Waals surface area contributed by atoms with Gasteiger partial charge in [-0.25, -0.2) is 4.68 Å². The number of nitrogens with one attached hydrogen (secondary N) is 2. The second-order valence-electron chi connectivity index (χ2n) is 5.46. The fourth-order valence-corrected chi connectivity index (χ4v) is 2.69. The zero-order valence-corrected chi connectivity index (χ0v) is 12.0. The first-order valence-electron chi connectivity index (χ1n) is 7.42. The van der Waals surface area contributed by atoms with Crippen LogP contribution in [-0.2, 0) is 4.79 Å². The van der Waals surface area contributed by atoms with Crippen LogP contribution in [0.4, 0.5) is 5.69 Å². The Kier molecular flexibility index (Phi) is 4.31. The summed E-state index contributed by atoms with van der Waals surface area (Å²) in [6, 6.07) is 9.60. The molecule has 0 spiro atoms. The van der Waals surface area contributed by atoms with Crippen LogP contribution in [0.2, 0.25) is 0 Å². The van der Waals surface area contributed by atoms with E-state index in [1.807, 2.05) is 36.5 Å². The fraction of sp³-hybridized carbons (Fsp3) is 0.375. The minimum absolute atomic E-state index is 0.0931. The number of aromatic nitrogens is 2. The van der Waals surface area contributed by atoms with Gasteiger partial charge in [-0.3, -0.25) is 4.79 Å². The molecule has 0 radical (unpaired) electrons. The molecule has 1 aromatic carbocycles. The molecule has 0 bridgehead atoms. The third kappa shape index (κ3) is 3.70. The molecular formula is C16H20N4O. The van der Waals surface area contributed by atoms with Crippen molar-refractivity contribution in [2.24, 2.45) is 5.92 Å². The summed E-state index contributed by atoms with van der Waals surface area (Å²) >= 11 is 0. The lowest BCUT2D eigenvalue weighted by Gasteiger charge is -2.22. The third-order valence-corrected chi connectivity index (χ3v) is 3.79.